The molecule has 17 heavy (non-hydrogen) atoms. The van der Waals surface area contributed by atoms with Crippen LogP contribution >= 0.6 is 11.6 Å². The third kappa shape index (κ3) is 1.61. The fraction of sp³-hybridized carbons (Fsp3) is 0.417. The van der Waals surface area contributed by atoms with Crippen molar-refractivity contribution in [2.75, 3.05) is 13.2 Å². The van der Waals surface area contributed by atoms with E-state index in [-0.39, 0.29) is 0 Å². The minimum absolute atomic E-state index is 0.478. The maximum atomic E-state index is 10.4. The summed E-state index contributed by atoms with van der Waals surface area (Å²) in [6.07, 6.45) is 3.26. The van der Waals surface area contributed by atoms with E-state index in [0.717, 1.165) is 18.4 Å². The van der Waals surface area contributed by atoms with Gasteiger partial charge < -0.3 is 9.47 Å². The molecule has 0 radical (unpaired) electrons. The van der Waals surface area contributed by atoms with Gasteiger partial charge in [0.1, 0.15) is 13.2 Å². The topological polar surface area (TPSA) is 47.9 Å². The van der Waals surface area contributed by atoms with E-state index >= 15 is 0 Å². The summed E-state index contributed by atoms with van der Waals surface area (Å²) in [5, 5.41) is 0.499. The number of nitrogens with zero attached hydrogens (tertiary/aromatic N) is 1. The third-order valence-electron chi connectivity index (χ3n) is 3.13. The van der Waals surface area contributed by atoms with Gasteiger partial charge in [-0.25, -0.2) is 4.79 Å². The number of halogens is 1. The van der Waals surface area contributed by atoms with Gasteiger partial charge in [0.25, 0.3) is 0 Å². The Balaban J connectivity index is 2.10. The van der Waals surface area contributed by atoms with Gasteiger partial charge in [0.2, 0.25) is 6.08 Å². The minimum Gasteiger partial charge on any atom is -0.486 e. The molecule has 0 saturated heterocycles. The van der Waals surface area contributed by atoms with Gasteiger partial charge in [-0.3, -0.25) is 0 Å². The second-order valence-electron chi connectivity index (χ2n) is 4.19. The number of hydrogen-bond acceptors (Lipinski definition) is 4. The van der Waals surface area contributed by atoms with Crippen molar-refractivity contribution < 1.29 is 14.3 Å². The van der Waals surface area contributed by atoms with E-state index in [1.165, 1.54) is 0 Å². The van der Waals surface area contributed by atoms with Crippen LogP contribution in [0.15, 0.2) is 17.1 Å². The number of hydrogen-bond donors (Lipinski definition) is 0. The SMILES string of the molecule is O=C=NC1(c2ccc3c(c2Cl)OCCO3)CC1. The van der Waals surface area contributed by atoms with Crippen LogP contribution in [0.1, 0.15) is 18.4 Å². The lowest BCUT2D eigenvalue weighted by Crippen LogP contribution is -2.16. The highest BCUT2D eigenvalue weighted by atomic mass is 35.5. The van der Waals surface area contributed by atoms with Gasteiger partial charge in [-0.15, -0.1) is 0 Å². The van der Waals surface area contributed by atoms with Gasteiger partial charge in [0.05, 0.1) is 10.6 Å². The molecule has 1 fully saturated rings. The van der Waals surface area contributed by atoms with Crippen LogP contribution in [-0.2, 0) is 10.3 Å². The molecule has 0 amide bonds. The second kappa shape index (κ2) is 3.76. The maximum absolute atomic E-state index is 10.4. The van der Waals surface area contributed by atoms with Crippen molar-refractivity contribution >= 4 is 17.7 Å². The molecule has 1 aromatic rings. The number of isocyanates is 1. The van der Waals surface area contributed by atoms with Gasteiger partial charge >= 0.3 is 0 Å². The molecule has 1 aromatic carbocycles. The zero-order valence-corrected chi connectivity index (χ0v) is 9.79. The van der Waals surface area contributed by atoms with E-state index in [1.807, 2.05) is 12.1 Å². The fourth-order valence-corrected chi connectivity index (χ4v) is 2.47. The molecule has 3 rings (SSSR count). The molecule has 0 atom stereocenters. The summed E-state index contributed by atoms with van der Waals surface area (Å²) < 4.78 is 10.9. The average molecular weight is 252 g/mol. The van der Waals surface area contributed by atoms with Gasteiger partial charge in [-0.05, 0) is 18.9 Å². The summed E-state index contributed by atoms with van der Waals surface area (Å²) in [6, 6.07) is 3.67. The van der Waals surface area contributed by atoms with E-state index in [0.29, 0.717) is 29.7 Å². The van der Waals surface area contributed by atoms with Crippen LogP contribution in [0.25, 0.3) is 0 Å². The Hall–Kier alpha value is -1.51. The molecular formula is C12H10ClNO3. The molecule has 2 aliphatic rings. The molecule has 5 heteroatoms. The van der Waals surface area contributed by atoms with Crippen LogP contribution in [-0.4, -0.2) is 19.3 Å². The number of aliphatic imine (C=N–C) groups is 1. The predicted octanol–water partition coefficient (Wildman–Crippen LogP) is 2.44. The summed E-state index contributed by atoms with van der Waals surface area (Å²) in [5.41, 5.74) is 0.348. The molecule has 4 nitrogen and oxygen atoms in total. The van der Waals surface area contributed by atoms with Crippen molar-refractivity contribution in [2.45, 2.75) is 18.4 Å². The Morgan fingerprint density at radius 2 is 2.06 bits per heavy atom. The lowest BCUT2D eigenvalue weighted by atomic mass is 10.0. The first-order valence-corrected chi connectivity index (χ1v) is 5.82. The molecular weight excluding hydrogens is 242 g/mol. The summed E-state index contributed by atoms with van der Waals surface area (Å²) in [4.78, 5) is 14.3. The lowest BCUT2D eigenvalue weighted by Gasteiger charge is -2.22. The monoisotopic (exact) mass is 251 g/mol. The molecule has 0 spiro atoms. The highest BCUT2D eigenvalue weighted by Crippen LogP contribution is 2.54. The predicted molar refractivity (Wildman–Crippen MR) is 61.5 cm³/mol. The fourth-order valence-electron chi connectivity index (χ4n) is 2.09. The largest absolute Gasteiger partial charge is 0.486 e. The molecule has 0 aromatic heterocycles. The average Bonchev–Trinajstić information content (AvgIpc) is 3.11. The van der Waals surface area contributed by atoms with E-state index < -0.39 is 5.54 Å². The van der Waals surface area contributed by atoms with E-state index in [1.54, 1.807) is 6.08 Å². The van der Waals surface area contributed by atoms with Crippen LogP contribution in [0.4, 0.5) is 0 Å². The summed E-state index contributed by atoms with van der Waals surface area (Å²) in [6.45, 7) is 1.01. The molecule has 0 N–H and O–H groups in total. The molecule has 88 valence electrons. The van der Waals surface area contributed by atoms with Crippen molar-refractivity contribution in [1.82, 2.24) is 0 Å². The van der Waals surface area contributed by atoms with Crippen LogP contribution in [0.3, 0.4) is 0 Å². The standard InChI is InChI=1S/C12H10ClNO3/c13-10-8(12(3-4-12)14-7-15)1-2-9-11(10)17-6-5-16-9/h1-2H,3-6H2. The number of rotatable bonds is 2. The molecule has 0 unspecified atom stereocenters. The van der Waals surface area contributed by atoms with Crippen LogP contribution < -0.4 is 9.47 Å². The van der Waals surface area contributed by atoms with Crippen LogP contribution in [0, 0.1) is 0 Å². The maximum Gasteiger partial charge on any atom is 0.235 e. The Morgan fingerprint density at radius 1 is 1.29 bits per heavy atom. The van der Waals surface area contributed by atoms with Gasteiger partial charge in [-0.1, -0.05) is 17.7 Å². The Bertz CT molecular complexity index is 519. The number of ether oxygens (including phenoxy) is 2. The van der Waals surface area contributed by atoms with Crippen molar-refractivity contribution in [3.63, 3.8) is 0 Å². The highest BCUT2D eigenvalue weighted by molar-refractivity contribution is 6.33. The zero-order chi connectivity index (χ0) is 11.9. The van der Waals surface area contributed by atoms with E-state index in [2.05, 4.69) is 4.99 Å². The molecule has 1 aliphatic heterocycles. The number of benzene rings is 1. The summed E-state index contributed by atoms with van der Waals surface area (Å²) in [7, 11) is 0. The Morgan fingerprint density at radius 3 is 2.76 bits per heavy atom. The zero-order valence-electron chi connectivity index (χ0n) is 9.03. The van der Waals surface area contributed by atoms with Crippen molar-refractivity contribution in [1.29, 1.82) is 0 Å². The lowest BCUT2D eigenvalue weighted by molar-refractivity contribution is 0.171. The van der Waals surface area contributed by atoms with E-state index in [4.69, 9.17) is 21.1 Å². The summed E-state index contributed by atoms with van der Waals surface area (Å²) in [5.74, 6) is 1.21. The Labute approximate surface area is 103 Å². The van der Waals surface area contributed by atoms with Gasteiger partial charge in [0, 0.05) is 5.56 Å². The van der Waals surface area contributed by atoms with Crippen molar-refractivity contribution in [3.8, 4) is 11.5 Å². The van der Waals surface area contributed by atoms with Crippen molar-refractivity contribution in [2.24, 2.45) is 4.99 Å². The van der Waals surface area contributed by atoms with Crippen LogP contribution in [0.2, 0.25) is 5.02 Å². The third-order valence-corrected chi connectivity index (χ3v) is 3.51. The first-order chi connectivity index (χ1) is 8.27. The molecule has 0 bridgehead atoms. The minimum atomic E-state index is -0.478. The summed E-state index contributed by atoms with van der Waals surface area (Å²) >= 11 is 6.29. The van der Waals surface area contributed by atoms with E-state index in [9.17, 15) is 4.79 Å². The number of fused-ring (bicyclic) bond motifs is 1. The van der Waals surface area contributed by atoms with Crippen molar-refractivity contribution in [3.05, 3.63) is 22.7 Å². The molecule has 1 saturated carbocycles. The van der Waals surface area contributed by atoms with Gasteiger partial charge in [0.15, 0.2) is 11.5 Å². The Kier molecular flexibility index (Phi) is 2.35. The number of carbonyl (C=O) groups excluding carboxylic acids is 1. The van der Waals surface area contributed by atoms with Crippen LogP contribution in [0.5, 0.6) is 11.5 Å². The first-order valence-electron chi connectivity index (χ1n) is 5.44. The quantitative estimate of drug-likeness (QED) is 0.599. The first kappa shape index (κ1) is 10.6. The second-order valence-corrected chi connectivity index (χ2v) is 4.56. The molecule has 1 heterocycles. The van der Waals surface area contributed by atoms with Gasteiger partial charge in [-0.2, -0.15) is 4.99 Å². The smallest absolute Gasteiger partial charge is 0.235 e. The highest BCUT2D eigenvalue weighted by Gasteiger charge is 2.47. The molecule has 1 aliphatic carbocycles. The normalized spacial score (nSPS) is 19.4.